The number of nitrogens with zero attached hydrogens (tertiary/aromatic N) is 1. The van der Waals surface area contributed by atoms with Crippen molar-refractivity contribution in [1.82, 2.24) is 4.98 Å². The zero-order valence-electron chi connectivity index (χ0n) is 17.0. The first kappa shape index (κ1) is 19.1. The van der Waals surface area contributed by atoms with Gasteiger partial charge in [0.1, 0.15) is 17.5 Å². The fourth-order valence-corrected chi connectivity index (χ4v) is 4.61. The number of rotatable bonds is 4. The third kappa shape index (κ3) is 3.13. The van der Waals surface area contributed by atoms with Crippen LogP contribution < -0.4 is 5.32 Å². The summed E-state index contributed by atoms with van der Waals surface area (Å²) in [7, 11) is 0. The molecule has 0 aromatic carbocycles. The van der Waals surface area contributed by atoms with Crippen LogP contribution in [0.15, 0.2) is 30.0 Å². The number of pyridine rings is 1. The average Bonchev–Trinajstić information content (AvgIpc) is 3.11. The second kappa shape index (κ2) is 6.69. The number of hydrogen-bond donors (Lipinski definition) is 1. The minimum atomic E-state index is -0.608. The lowest BCUT2D eigenvalue weighted by molar-refractivity contribution is -0.142. The molecule has 150 valence electrons. The number of allylic oxidation sites excluding steroid dienone is 1. The zero-order chi connectivity index (χ0) is 20.1. The van der Waals surface area contributed by atoms with E-state index in [1.807, 2.05) is 32.9 Å². The molecule has 0 bridgehead atoms. The number of carbonyl (C=O) groups is 2. The number of nitrogens with one attached hydrogen (secondary N) is 1. The highest BCUT2D eigenvalue weighted by atomic mass is 16.6. The largest absolute Gasteiger partial charge is 0.455 e. The van der Waals surface area contributed by atoms with Gasteiger partial charge in [-0.25, -0.2) is 9.78 Å². The molecule has 2 aliphatic carbocycles. The molecule has 1 aromatic rings. The number of amides is 1. The quantitative estimate of drug-likeness (QED) is 0.802. The summed E-state index contributed by atoms with van der Waals surface area (Å²) in [4.78, 5) is 28.8. The highest BCUT2D eigenvalue weighted by Gasteiger charge is 2.63. The number of esters is 1. The van der Waals surface area contributed by atoms with E-state index >= 15 is 0 Å². The smallest absolute Gasteiger partial charge is 0.337 e. The van der Waals surface area contributed by atoms with Crippen LogP contribution in [0.1, 0.15) is 52.5 Å². The topological polar surface area (TPSA) is 77.5 Å². The Morgan fingerprint density at radius 2 is 2.14 bits per heavy atom. The maximum atomic E-state index is 12.4. The summed E-state index contributed by atoms with van der Waals surface area (Å²) in [5.74, 6) is 0.908. The van der Waals surface area contributed by atoms with E-state index in [1.54, 1.807) is 12.3 Å². The van der Waals surface area contributed by atoms with Crippen LogP contribution in [0.25, 0.3) is 0 Å². The highest BCUT2D eigenvalue weighted by molar-refractivity contribution is 5.94. The Hall–Kier alpha value is -2.21. The fraction of sp³-hybridized carbons (Fsp3) is 0.591. The highest BCUT2D eigenvalue weighted by Crippen LogP contribution is 2.55. The van der Waals surface area contributed by atoms with E-state index < -0.39 is 11.0 Å². The maximum Gasteiger partial charge on any atom is 0.337 e. The van der Waals surface area contributed by atoms with E-state index in [4.69, 9.17) is 9.47 Å². The molecule has 28 heavy (non-hydrogen) atoms. The molecular weight excluding hydrogens is 356 g/mol. The van der Waals surface area contributed by atoms with Crippen molar-refractivity contribution in [1.29, 1.82) is 0 Å². The summed E-state index contributed by atoms with van der Waals surface area (Å²) >= 11 is 0. The van der Waals surface area contributed by atoms with E-state index in [0.717, 1.165) is 24.8 Å². The van der Waals surface area contributed by atoms with Gasteiger partial charge >= 0.3 is 5.97 Å². The number of aromatic nitrogens is 1. The molecule has 2 unspecified atom stereocenters. The lowest BCUT2D eigenvalue weighted by Gasteiger charge is -2.38. The van der Waals surface area contributed by atoms with Crippen molar-refractivity contribution in [3.05, 3.63) is 35.5 Å². The molecule has 1 N–H and O–H groups in total. The lowest BCUT2D eigenvalue weighted by Crippen LogP contribution is -2.46. The van der Waals surface area contributed by atoms with E-state index in [1.165, 1.54) is 0 Å². The van der Waals surface area contributed by atoms with Gasteiger partial charge in [0.2, 0.25) is 5.91 Å². The van der Waals surface area contributed by atoms with Gasteiger partial charge in [-0.2, -0.15) is 0 Å². The Morgan fingerprint density at radius 1 is 1.36 bits per heavy atom. The van der Waals surface area contributed by atoms with Crippen LogP contribution in [0.2, 0.25) is 0 Å². The van der Waals surface area contributed by atoms with Crippen molar-refractivity contribution in [3.63, 3.8) is 0 Å². The summed E-state index contributed by atoms with van der Waals surface area (Å²) in [5, 5.41) is 2.82. The van der Waals surface area contributed by atoms with Gasteiger partial charge in [-0.05, 0) is 42.7 Å². The predicted octanol–water partition coefficient (Wildman–Crippen LogP) is 3.62. The van der Waals surface area contributed by atoms with Gasteiger partial charge in [-0.1, -0.05) is 39.8 Å². The van der Waals surface area contributed by atoms with Crippen LogP contribution in [0.3, 0.4) is 0 Å². The number of hydrogen-bond acceptors (Lipinski definition) is 5. The molecule has 0 radical (unpaired) electrons. The third-order valence-corrected chi connectivity index (χ3v) is 6.08. The van der Waals surface area contributed by atoms with Gasteiger partial charge in [-0.3, -0.25) is 4.79 Å². The molecule has 4 atom stereocenters. The van der Waals surface area contributed by atoms with Crippen molar-refractivity contribution in [2.45, 2.75) is 65.3 Å². The van der Waals surface area contributed by atoms with Gasteiger partial charge in [-0.15, -0.1) is 0 Å². The van der Waals surface area contributed by atoms with E-state index in [9.17, 15) is 9.59 Å². The predicted molar refractivity (Wildman–Crippen MR) is 104 cm³/mol. The van der Waals surface area contributed by atoms with Gasteiger partial charge < -0.3 is 14.8 Å². The third-order valence-electron chi connectivity index (χ3n) is 6.08. The number of ether oxygens (including phenoxy) is 2. The SMILES string of the molecule is CC1C=C2C(=O)O[C@@H]3CCC(C1)[C@]23OCc1ccc(NC(=O)C(C)(C)C)nc1. The summed E-state index contributed by atoms with van der Waals surface area (Å²) in [6.07, 6.45) is 6.47. The van der Waals surface area contributed by atoms with E-state index in [-0.39, 0.29) is 18.0 Å². The molecule has 6 heteroatoms. The van der Waals surface area contributed by atoms with Crippen molar-refractivity contribution < 1.29 is 19.1 Å². The van der Waals surface area contributed by atoms with Crippen molar-refractivity contribution in [3.8, 4) is 0 Å². The van der Waals surface area contributed by atoms with Crippen LogP contribution >= 0.6 is 0 Å². The molecule has 2 fully saturated rings. The molecule has 4 rings (SSSR count). The Balaban J connectivity index is 1.48. The maximum absolute atomic E-state index is 12.4. The van der Waals surface area contributed by atoms with Gasteiger partial charge in [0.15, 0.2) is 0 Å². The van der Waals surface area contributed by atoms with Crippen molar-refractivity contribution in [2.75, 3.05) is 5.32 Å². The first-order chi connectivity index (χ1) is 13.2. The lowest BCUT2D eigenvalue weighted by atomic mass is 9.73. The van der Waals surface area contributed by atoms with Crippen LogP contribution in [0, 0.1) is 17.3 Å². The molecular formula is C22H28N2O4. The van der Waals surface area contributed by atoms with Crippen LogP contribution in [-0.2, 0) is 25.7 Å². The van der Waals surface area contributed by atoms with Crippen LogP contribution in [0.5, 0.6) is 0 Å². The fourth-order valence-electron chi connectivity index (χ4n) is 4.61. The molecule has 1 saturated heterocycles. The molecule has 1 aliphatic heterocycles. The van der Waals surface area contributed by atoms with Gasteiger partial charge in [0.05, 0.1) is 12.2 Å². The van der Waals surface area contributed by atoms with Crippen molar-refractivity contribution >= 4 is 17.7 Å². The van der Waals surface area contributed by atoms with E-state index in [0.29, 0.717) is 29.8 Å². The summed E-state index contributed by atoms with van der Waals surface area (Å²) in [6, 6.07) is 3.68. The normalized spacial score (nSPS) is 31.2. The van der Waals surface area contributed by atoms with Gasteiger partial charge in [0.25, 0.3) is 0 Å². The standard InChI is InChI=1S/C22H28N2O4/c1-13-9-15-6-7-17-22(15,16(10-13)19(25)28-17)27-12-14-5-8-18(23-11-14)24-20(26)21(2,3)4/h5,8,10-11,13,15,17H,6-7,9,12H2,1-4H3,(H,23,24,26)/t13?,15?,17-,22+/m1/s1. The average molecular weight is 384 g/mol. The Labute approximate surface area is 165 Å². The summed E-state index contributed by atoms with van der Waals surface area (Å²) < 4.78 is 12.1. The Morgan fingerprint density at radius 3 is 2.82 bits per heavy atom. The van der Waals surface area contributed by atoms with Gasteiger partial charge in [0, 0.05) is 11.6 Å². The molecule has 1 amide bonds. The molecule has 3 aliphatic rings. The second-order valence-electron chi connectivity index (χ2n) is 9.30. The van der Waals surface area contributed by atoms with Crippen LogP contribution in [0.4, 0.5) is 5.82 Å². The Kier molecular flexibility index (Phi) is 4.57. The number of anilines is 1. The minimum absolute atomic E-state index is 0.0767. The molecule has 0 spiro atoms. The first-order valence-electron chi connectivity index (χ1n) is 10.0. The molecule has 1 saturated carbocycles. The second-order valence-corrected chi connectivity index (χ2v) is 9.30. The van der Waals surface area contributed by atoms with Crippen LogP contribution in [-0.4, -0.2) is 28.6 Å². The van der Waals surface area contributed by atoms with Crippen molar-refractivity contribution in [2.24, 2.45) is 17.3 Å². The number of carbonyl (C=O) groups excluding carboxylic acids is 2. The Bertz CT molecular complexity index is 824. The molecule has 1 aromatic heterocycles. The first-order valence-corrected chi connectivity index (χ1v) is 10.0. The zero-order valence-corrected chi connectivity index (χ0v) is 17.0. The summed E-state index contributed by atoms with van der Waals surface area (Å²) in [5.41, 5.74) is 0.529. The monoisotopic (exact) mass is 384 g/mol. The van der Waals surface area contributed by atoms with E-state index in [2.05, 4.69) is 17.2 Å². The molecule has 6 nitrogen and oxygen atoms in total. The summed E-state index contributed by atoms with van der Waals surface area (Å²) in [6.45, 7) is 8.08. The molecule has 2 heterocycles. The minimum Gasteiger partial charge on any atom is -0.455 e.